The van der Waals surface area contributed by atoms with Crippen LogP contribution in [0.25, 0.3) is 0 Å². The third-order valence-corrected chi connectivity index (χ3v) is 5.95. The number of benzene rings is 2. The summed E-state index contributed by atoms with van der Waals surface area (Å²) >= 11 is 0. The van der Waals surface area contributed by atoms with Gasteiger partial charge in [-0.3, -0.25) is 4.79 Å². The summed E-state index contributed by atoms with van der Waals surface area (Å²) in [6.45, 7) is 0.974. The zero-order valence-corrected chi connectivity index (χ0v) is 14.9. The Morgan fingerprint density at radius 2 is 1.65 bits per heavy atom. The van der Waals surface area contributed by atoms with Gasteiger partial charge in [0.15, 0.2) is 0 Å². The van der Waals surface area contributed by atoms with Gasteiger partial charge in [0.1, 0.15) is 0 Å². The molecule has 26 heavy (non-hydrogen) atoms. The zero-order chi connectivity index (χ0) is 18.6. The van der Waals surface area contributed by atoms with E-state index in [9.17, 15) is 13.2 Å². The lowest BCUT2D eigenvalue weighted by molar-refractivity contribution is 0.0711. The normalized spacial score (nSPS) is 15.4. The molecule has 2 aromatic rings. The van der Waals surface area contributed by atoms with Gasteiger partial charge < -0.3 is 4.90 Å². The fraction of sp³-hybridized carbons (Fsp3) is 0.263. The summed E-state index contributed by atoms with van der Waals surface area (Å²) in [5.41, 5.74) is 1.04. The van der Waals surface area contributed by atoms with Crippen LogP contribution < -0.4 is 4.72 Å². The van der Waals surface area contributed by atoms with E-state index in [4.69, 9.17) is 5.26 Å². The van der Waals surface area contributed by atoms with Gasteiger partial charge in [-0.2, -0.15) is 5.26 Å². The molecule has 0 aromatic heterocycles. The fourth-order valence-corrected chi connectivity index (χ4v) is 4.28. The van der Waals surface area contributed by atoms with E-state index in [1.165, 1.54) is 0 Å². The van der Waals surface area contributed by atoms with E-state index in [1.807, 2.05) is 6.07 Å². The second-order valence-corrected chi connectivity index (χ2v) is 7.90. The van der Waals surface area contributed by atoms with Crippen LogP contribution in [-0.4, -0.2) is 38.4 Å². The molecule has 3 rings (SSSR count). The molecule has 0 bridgehead atoms. The molecule has 1 fully saturated rings. The lowest BCUT2D eigenvalue weighted by Gasteiger charge is -2.32. The Balaban J connectivity index is 1.59. The van der Waals surface area contributed by atoms with Gasteiger partial charge >= 0.3 is 0 Å². The van der Waals surface area contributed by atoms with Crippen molar-refractivity contribution in [3.8, 4) is 6.07 Å². The number of likely N-dealkylation sites (tertiary alicyclic amines) is 1. The first-order valence-corrected chi connectivity index (χ1v) is 9.85. The average molecular weight is 369 g/mol. The highest BCUT2D eigenvalue weighted by atomic mass is 32.2. The van der Waals surface area contributed by atoms with Crippen molar-refractivity contribution in [2.45, 2.75) is 23.8 Å². The number of carbonyl (C=O) groups is 1. The van der Waals surface area contributed by atoms with Crippen LogP contribution >= 0.6 is 0 Å². The third kappa shape index (κ3) is 4.10. The molecule has 0 saturated carbocycles. The molecule has 2 aromatic carbocycles. The van der Waals surface area contributed by atoms with Crippen molar-refractivity contribution in [3.63, 3.8) is 0 Å². The van der Waals surface area contributed by atoms with Crippen LogP contribution in [0.4, 0.5) is 0 Å². The SMILES string of the molecule is N#Cc1ccc(C(=O)N2CCC(NS(=O)(=O)c3ccccc3)CC2)cc1. The van der Waals surface area contributed by atoms with Crippen LogP contribution in [0.3, 0.4) is 0 Å². The largest absolute Gasteiger partial charge is 0.339 e. The van der Waals surface area contributed by atoms with Crippen molar-refractivity contribution >= 4 is 15.9 Å². The number of hydrogen-bond donors (Lipinski definition) is 1. The minimum Gasteiger partial charge on any atom is -0.339 e. The lowest BCUT2D eigenvalue weighted by Crippen LogP contribution is -2.46. The highest BCUT2D eigenvalue weighted by Crippen LogP contribution is 2.17. The summed E-state index contributed by atoms with van der Waals surface area (Å²) in [7, 11) is -3.54. The predicted molar refractivity (Wildman–Crippen MR) is 96.8 cm³/mol. The molecule has 1 saturated heterocycles. The summed E-state index contributed by atoms with van der Waals surface area (Å²) in [4.78, 5) is 14.5. The number of piperidine rings is 1. The number of amides is 1. The van der Waals surface area contributed by atoms with Crippen molar-refractivity contribution in [3.05, 3.63) is 65.7 Å². The van der Waals surface area contributed by atoms with Gasteiger partial charge in [0, 0.05) is 24.7 Å². The van der Waals surface area contributed by atoms with E-state index in [0.717, 1.165) is 0 Å². The predicted octanol–water partition coefficient (Wildman–Crippen LogP) is 2.14. The molecule has 0 atom stereocenters. The van der Waals surface area contributed by atoms with E-state index in [-0.39, 0.29) is 16.8 Å². The molecule has 6 nitrogen and oxygen atoms in total. The van der Waals surface area contributed by atoms with Gasteiger partial charge in [0.25, 0.3) is 5.91 Å². The van der Waals surface area contributed by atoms with Crippen molar-refractivity contribution in [2.24, 2.45) is 0 Å². The molecule has 1 N–H and O–H groups in total. The van der Waals surface area contributed by atoms with Gasteiger partial charge in [-0.1, -0.05) is 18.2 Å². The molecule has 7 heteroatoms. The van der Waals surface area contributed by atoms with Crippen LogP contribution in [-0.2, 0) is 10.0 Å². The van der Waals surface area contributed by atoms with Gasteiger partial charge in [0.2, 0.25) is 10.0 Å². The molecule has 0 radical (unpaired) electrons. The van der Waals surface area contributed by atoms with Gasteiger partial charge in [0.05, 0.1) is 16.5 Å². The second kappa shape index (κ2) is 7.68. The van der Waals surface area contributed by atoms with E-state index in [0.29, 0.717) is 37.1 Å². The smallest absolute Gasteiger partial charge is 0.253 e. The van der Waals surface area contributed by atoms with Gasteiger partial charge in [-0.15, -0.1) is 0 Å². The highest BCUT2D eigenvalue weighted by Gasteiger charge is 2.27. The molecular formula is C19H19N3O3S. The van der Waals surface area contributed by atoms with Crippen LogP contribution in [0, 0.1) is 11.3 Å². The summed E-state index contributed by atoms with van der Waals surface area (Å²) in [6, 6.07) is 16.6. The number of rotatable bonds is 4. The lowest BCUT2D eigenvalue weighted by atomic mass is 10.0. The van der Waals surface area contributed by atoms with E-state index in [2.05, 4.69) is 4.72 Å². The molecule has 1 aliphatic rings. The number of nitriles is 1. The quantitative estimate of drug-likeness (QED) is 0.894. The van der Waals surface area contributed by atoms with E-state index in [1.54, 1.807) is 59.5 Å². The third-order valence-electron chi connectivity index (χ3n) is 4.42. The Bertz CT molecular complexity index is 911. The summed E-state index contributed by atoms with van der Waals surface area (Å²) in [6.07, 6.45) is 1.13. The molecular weight excluding hydrogens is 350 g/mol. The molecule has 1 heterocycles. The Morgan fingerprint density at radius 3 is 2.23 bits per heavy atom. The Kier molecular flexibility index (Phi) is 5.35. The fourth-order valence-electron chi connectivity index (χ4n) is 2.96. The first-order valence-electron chi connectivity index (χ1n) is 8.36. The Labute approximate surface area is 153 Å². The van der Waals surface area contributed by atoms with Crippen LogP contribution in [0.5, 0.6) is 0 Å². The molecule has 134 valence electrons. The van der Waals surface area contributed by atoms with Crippen molar-refractivity contribution in [1.82, 2.24) is 9.62 Å². The van der Waals surface area contributed by atoms with Gasteiger partial charge in [-0.25, -0.2) is 13.1 Å². The van der Waals surface area contributed by atoms with Crippen molar-refractivity contribution in [1.29, 1.82) is 5.26 Å². The number of hydrogen-bond acceptors (Lipinski definition) is 4. The minimum absolute atomic E-state index is 0.0983. The first-order chi connectivity index (χ1) is 12.5. The number of nitrogens with zero attached hydrogens (tertiary/aromatic N) is 2. The number of sulfonamides is 1. The summed E-state index contributed by atoms with van der Waals surface area (Å²) in [5, 5.41) is 8.82. The highest BCUT2D eigenvalue weighted by molar-refractivity contribution is 7.89. The zero-order valence-electron chi connectivity index (χ0n) is 14.1. The molecule has 0 aliphatic carbocycles. The number of nitrogens with one attached hydrogen (secondary N) is 1. The minimum atomic E-state index is -3.54. The maximum atomic E-state index is 12.5. The molecule has 1 amide bonds. The summed E-state index contributed by atoms with van der Waals surface area (Å²) < 4.78 is 27.5. The van der Waals surface area contributed by atoms with Crippen LogP contribution in [0.1, 0.15) is 28.8 Å². The van der Waals surface area contributed by atoms with E-state index < -0.39 is 10.0 Å². The van der Waals surface area contributed by atoms with Crippen LogP contribution in [0.15, 0.2) is 59.5 Å². The van der Waals surface area contributed by atoms with Gasteiger partial charge in [-0.05, 0) is 49.2 Å². The maximum absolute atomic E-state index is 12.5. The monoisotopic (exact) mass is 369 g/mol. The topological polar surface area (TPSA) is 90.3 Å². The molecule has 1 aliphatic heterocycles. The van der Waals surface area contributed by atoms with E-state index >= 15 is 0 Å². The first kappa shape index (κ1) is 18.1. The van der Waals surface area contributed by atoms with Crippen molar-refractivity contribution < 1.29 is 13.2 Å². The Morgan fingerprint density at radius 1 is 1.04 bits per heavy atom. The molecule has 0 spiro atoms. The maximum Gasteiger partial charge on any atom is 0.253 e. The Hall–Kier alpha value is -2.69. The summed E-state index contributed by atoms with van der Waals surface area (Å²) in [5.74, 6) is -0.0983. The van der Waals surface area contributed by atoms with Crippen molar-refractivity contribution in [2.75, 3.05) is 13.1 Å². The standard InChI is InChI=1S/C19H19N3O3S/c20-14-15-6-8-16(9-7-15)19(23)22-12-10-17(11-13-22)21-26(24,25)18-4-2-1-3-5-18/h1-9,17,21H,10-13H2. The second-order valence-electron chi connectivity index (χ2n) is 6.19. The van der Waals surface area contributed by atoms with Crippen LogP contribution in [0.2, 0.25) is 0 Å². The average Bonchev–Trinajstić information content (AvgIpc) is 2.68. The molecule has 0 unspecified atom stereocenters. The number of carbonyl (C=O) groups excluding carboxylic acids is 1.